The van der Waals surface area contributed by atoms with Crippen LogP contribution in [0.5, 0.6) is 0 Å². The molecule has 0 spiro atoms. The van der Waals surface area contributed by atoms with Gasteiger partial charge in [0.2, 0.25) is 11.7 Å². The molecule has 0 radical (unpaired) electrons. The van der Waals surface area contributed by atoms with Crippen molar-refractivity contribution in [3.05, 3.63) is 59.4 Å². The van der Waals surface area contributed by atoms with E-state index in [1.54, 1.807) is 41.0 Å². The largest absolute Gasteiger partial charge is 0.391 e. The van der Waals surface area contributed by atoms with Gasteiger partial charge in [-0.1, -0.05) is 30.3 Å². The number of fused-ring (bicyclic) bond motifs is 1. The lowest BCUT2D eigenvalue weighted by Crippen LogP contribution is -2.43. The molecule has 28 heavy (non-hydrogen) atoms. The Morgan fingerprint density at radius 2 is 1.89 bits per heavy atom. The van der Waals surface area contributed by atoms with E-state index in [0.29, 0.717) is 29.9 Å². The maximum Gasteiger partial charge on any atom is 0.337 e. The molecule has 1 amide bonds. The molecule has 1 aliphatic rings. The first-order chi connectivity index (χ1) is 13.4. The Kier molecular flexibility index (Phi) is 5.99. The fourth-order valence-corrected chi connectivity index (χ4v) is 3.52. The van der Waals surface area contributed by atoms with E-state index in [9.17, 15) is 19.2 Å². The molecule has 1 unspecified atom stereocenters. The summed E-state index contributed by atoms with van der Waals surface area (Å²) >= 11 is 4.00. The van der Waals surface area contributed by atoms with Crippen molar-refractivity contribution < 1.29 is 23.9 Å². The van der Waals surface area contributed by atoms with E-state index in [0.717, 1.165) is 0 Å². The van der Waals surface area contributed by atoms with Gasteiger partial charge in [-0.25, -0.2) is 4.79 Å². The van der Waals surface area contributed by atoms with Crippen molar-refractivity contribution in [3.63, 3.8) is 0 Å². The molecular formula is C20H20N2O5S. The van der Waals surface area contributed by atoms with Crippen LogP contribution in [-0.4, -0.2) is 40.0 Å². The first kappa shape index (κ1) is 19.9. The molecule has 1 aromatic carbocycles. The van der Waals surface area contributed by atoms with Crippen LogP contribution in [0.15, 0.2) is 42.5 Å². The zero-order valence-corrected chi connectivity index (χ0v) is 16.1. The Labute approximate surface area is 167 Å². The Hall–Kier alpha value is -2.87. The van der Waals surface area contributed by atoms with Gasteiger partial charge in [-0.15, -0.1) is 0 Å². The van der Waals surface area contributed by atoms with Gasteiger partial charge in [0.1, 0.15) is 6.04 Å². The molecular weight excluding hydrogens is 380 g/mol. The predicted octanol–water partition coefficient (Wildman–Crippen LogP) is 1.71. The number of carbonyl (C=O) groups is 4. The number of nitrogens with one attached hydrogen (secondary N) is 1. The minimum absolute atomic E-state index is 0.0163. The first-order valence-corrected chi connectivity index (χ1v) is 9.48. The number of amides is 1. The van der Waals surface area contributed by atoms with Crippen molar-refractivity contribution in [1.82, 2.24) is 9.88 Å². The molecule has 146 valence electrons. The summed E-state index contributed by atoms with van der Waals surface area (Å²) in [5, 5.41) is 2.39. The number of esters is 2. The number of hydrogen-bond donors (Lipinski definition) is 2. The molecule has 0 saturated carbocycles. The van der Waals surface area contributed by atoms with Crippen LogP contribution < -0.4 is 5.32 Å². The Morgan fingerprint density at radius 3 is 2.54 bits per heavy atom. The highest BCUT2D eigenvalue weighted by atomic mass is 32.1. The van der Waals surface area contributed by atoms with Crippen molar-refractivity contribution in [2.24, 2.45) is 0 Å². The fraction of sp³-hybridized carbons (Fsp3) is 0.300. The van der Waals surface area contributed by atoms with Gasteiger partial charge in [-0.2, -0.15) is 12.6 Å². The minimum atomic E-state index is -0.992. The molecule has 0 aliphatic carbocycles. The lowest BCUT2D eigenvalue weighted by molar-refractivity contribution is -0.162. The second-order valence-corrected chi connectivity index (χ2v) is 6.87. The number of rotatable bonds is 6. The molecule has 2 atom stereocenters. The van der Waals surface area contributed by atoms with Gasteiger partial charge in [-0.05, 0) is 18.6 Å². The van der Waals surface area contributed by atoms with E-state index in [2.05, 4.69) is 17.9 Å². The molecule has 3 rings (SSSR count). The van der Waals surface area contributed by atoms with Crippen LogP contribution in [0.2, 0.25) is 0 Å². The van der Waals surface area contributed by atoms with E-state index in [1.165, 1.54) is 6.92 Å². The lowest BCUT2D eigenvalue weighted by Gasteiger charge is -2.15. The number of carbonyl (C=O) groups excluding carboxylic acids is 4. The highest BCUT2D eigenvalue weighted by Crippen LogP contribution is 2.32. The van der Waals surface area contributed by atoms with Gasteiger partial charge < -0.3 is 14.6 Å². The average molecular weight is 400 g/mol. The number of nitrogens with zero attached hydrogens (tertiary/aromatic N) is 1. The van der Waals surface area contributed by atoms with Gasteiger partial charge in [0.25, 0.3) is 0 Å². The summed E-state index contributed by atoms with van der Waals surface area (Å²) in [6.45, 7) is 1.74. The minimum Gasteiger partial charge on any atom is -0.391 e. The third-order valence-electron chi connectivity index (χ3n) is 4.61. The molecule has 2 heterocycles. The topological polar surface area (TPSA) is 94.5 Å². The van der Waals surface area contributed by atoms with Crippen LogP contribution >= 0.6 is 12.6 Å². The Morgan fingerprint density at radius 1 is 1.18 bits per heavy atom. The Balaban J connectivity index is 1.73. The van der Waals surface area contributed by atoms with Crippen LogP contribution in [0.1, 0.15) is 41.0 Å². The predicted molar refractivity (Wildman–Crippen MR) is 104 cm³/mol. The molecule has 8 heteroatoms. The van der Waals surface area contributed by atoms with Crippen LogP contribution in [0.4, 0.5) is 0 Å². The number of benzene rings is 1. The summed E-state index contributed by atoms with van der Waals surface area (Å²) in [5.74, 6) is -2.71. The summed E-state index contributed by atoms with van der Waals surface area (Å²) in [7, 11) is 0. The highest BCUT2D eigenvalue weighted by Gasteiger charge is 2.35. The lowest BCUT2D eigenvalue weighted by atomic mass is 10.1. The Bertz CT molecular complexity index is 922. The second-order valence-electron chi connectivity index (χ2n) is 6.51. The molecule has 0 bridgehead atoms. The molecule has 7 nitrogen and oxygen atoms in total. The van der Waals surface area contributed by atoms with Crippen molar-refractivity contribution in [1.29, 1.82) is 0 Å². The normalized spacial score (nSPS) is 16.1. The number of hydrogen-bond acceptors (Lipinski definition) is 6. The molecule has 1 N–H and O–H groups in total. The summed E-state index contributed by atoms with van der Waals surface area (Å²) in [4.78, 5) is 48.5. The zero-order valence-electron chi connectivity index (χ0n) is 15.3. The number of ether oxygens (including phenoxy) is 1. The van der Waals surface area contributed by atoms with Gasteiger partial charge >= 0.3 is 11.9 Å². The molecule has 0 saturated heterocycles. The van der Waals surface area contributed by atoms with Crippen molar-refractivity contribution >= 4 is 36.3 Å². The monoisotopic (exact) mass is 400 g/mol. The van der Waals surface area contributed by atoms with Crippen LogP contribution in [-0.2, 0) is 25.7 Å². The maximum absolute atomic E-state index is 12.7. The molecule has 2 aromatic rings. The third-order valence-corrected chi connectivity index (χ3v) is 4.98. The highest BCUT2D eigenvalue weighted by molar-refractivity contribution is 7.80. The van der Waals surface area contributed by atoms with Gasteiger partial charge in [-0.3, -0.25) is 14.4 Å². The third kappa shape index (κ3) is 4.01. The van der Waals surface area contributed by atoms with Crippen molar-refractivity contribution in [2.75, 3.05) is 5.75 Å². The number of ketones is 1. The smallest absolute Gasteiger partial charge is 0.337 e. The van der Waals surface area contributed by atoms with E-state index >= 15 is 0 Å². The fourth-order valence-electron chi connectivity index (χ4n) is 3.28. The number of thiol groups is 1. The maximum atomic E-state index is 12.7. The molecule has 1 aliphatic heterocycles. The number of aromatic nitrogens is 1. The van der Waals surface area contributed by atoms with E-state index in [1.807, 2.05) is 6.07 Å². The van der Waals surface area contributed by atoms with Crippen LogP contribution in [0, 0.1) is 0 Å². The quantitative estimate of drug-likeness (QED) is 0.333. The summed E-state index contributed by atoms with van der Waals surface area (Å²) < 4.78 is 6.75. The summed E-state index contributed by atoms with van der Waals surface area (Å²) in [6.07, 6.45) is 0.434. The average Bonchev–Trinajstić information content (AvgIpc) is 3.28. The van der Waals surface area contributed by atoms with E-state index in [-0.39, 0.29) is 11.5 Å². The standard InChI is InChI=1S/C20H20N2O5S/c1-12(23)21-15(11-28)20(26)27-19(25)14-9-10-22-16(14)7-8-17(22)18(24)13-5-3-2-4-6-13/h2-8,14-15,28H,9-11H2,1H3,(H,21,23)/t14?,15-/m0/s1. The summed E-state index contributed by atoms with van der Waals surface area (Å²) in [6, 6.07) is 11.3. The molecule has 0 fully saturated rings. The second kappa shape index (κ2) is 8.43. The van der Waals surface area contributed by atoms with Crippen LogP contribution in [0.25, 0.3) is 0 Å². The first-order valence-electron chi connectivity index (χ1n) is 8.85. The van der Waals surface area contributed by atoms with Crippen molar-refractivity contribution in [3.8, 4) is 0 Å². The SMILES string of the molecule is CC(=O)N[C@@H](CS)C(=O)OC(=O)C1CCn2c(C(=O)c3ccccc3)ccc21. The van der Waals surface area contributed by atoms with E-state index < -0.39 is 29.8 Å². The van der Waals surface area contributed by atoms with Gasteiger partial charge in [0.15, 0.2) is 0 Å². The van der Waals surface area contributed by atoms with Crippen molar-refractivity contribution in [2.45, 2.75) is 31.8 Å². The zero-order chi connectivity index (χ0) is 20.3. The van der Waals surface area contributed by atoms with Crippen LogP contribution in [0.3, 0.4) is 0 Å². The molecule has 1 aromatic heterocycles. The van der Waals surface area contributed by atoms with Gasteiger partial charge in [0.05, 0.1) is 11.6 Å². The van der Waals surface area contributed by atoms with E-state index in [4.69, 9.17) is 4.74 Å². The summed E-state index contributed by atoms with van der Waals surface area (Å²) in [5.41, 5.74) is 1.70. The van der Waals surface area contributed by atoms with Gasteiger partial charge in [0, 0.05) is 30.5 Å².